The number of rotatable bonds is 9. The molecule has 9 nitrogen and oxygen atoms in total. The van der Waals surface area contributed by atoms with Crippen LogP contribution in [0.5, 0.6) is 23.0 Å². The standard InChI is InChI=1S/C28H30N2O7S/c1-7-36-22-13-18(10-12-20(22)34-5)25-24(27(32)37-8-2)16(3)29-28-30(25)26(31)23(38-28)14-17-9-11-19(33-4)15-21(17)35-6/h9-15,25H,7-8H2,1-6H3. The first-order valence-electron chi connectivity index (χ1n) is 12.1. The number of hydrogen-bond acceptors (Lipinski definition) is 9. The van der Waals surface area contributed by atoms with Gasteiger partial charge >= 0.3 is 5.97 Å². The van der Waals surface area contributed by atoms with Crippen LogP contribution in [-0.4, -0.2) is 45.1 Å². The molecule has 1 unspecified atom stereocenters. The van der Waals surface area contributed by atoms with E-state index in [0.717, 1.165) is 0 Å². The molecule has 0 N–H and O–H groups in total. The Balaban J connectivity index is 1.96. The van der Waals surface area contributed by atoms with E-state index < -0.39 is 12.0 Å². The van der Waals surface area contributed by atoms with Crippen molar-refractivity contribution in [1.29, 1.82) is 0 Å². The lowest BCUT2D eigenvalue weighted by atomic mass is 9.95. The molecule has 4 rings (SSSR count). The Morgan fingerprint density at radius 3 is 2.42 bits per heavy atom. The van der Waals surface area contributed by atoms with Crippen molar-refractivity contribution in [2.24, 2.45) is 4.99 Å². The minimum atomic E-state index is -0.768. The van der Waals surface area contributed by atoms with Crippen molar-refractivity contribution in [2.45, 2.75) is 26.8 Å². The van der Waals surface area contributed by atoms with Crippen molar-refractivity contribution < 1.29 is 28.5 Å². The Morgan fingerprint density at radius 2 is 1.76 bits per heavy atom. The molecule has 0 saturated carbocycles. The fourth-order valence-electron chi connectivity index (χ4n) is 4.32. The summed E-state index contributed by atoms with van der Waals surface area (Å²) >= 11 is 1.24. The number of nitrogens with zero attached hydrogens (tertiary/aromatic N) is 2. The second kappa shape index (κ2) is 11.6. The first kappa shape index (κ1) is 27.0. The second-order valence-electron chi connectivity index (χ2n) is 8.25. The monoisotopic (exact) mass is 538 g/mol. The highest BCUT2D eigenvalue weighted by atomic mass is 32.1. The van der Waals surface area contributed by atoms with Crippen LogP contribution in [0, 0.1) is 0 Å². The number of esters is 1. The van der Waals surface area contributed by atoms with E-state index in [-0.39, 0.29) is 12.2 Å². The molecule has 0 radical (unpaired) electrons. The van der Waals surface area contributed by atoms with E-state index in [1.54, 1.807) is 65.5 Å². The van der Waals surface area contributed by atoms with Crippen LogP contribution < -0.4 is 33.8 Å². The lowest BCUT2D eigenvalue weighted by Crippen LogP contribution is -2.40. The quantitative estimate of drug-likeness (QED) is 0.386. The Labute approximate surface area is 224 Å². The van der Waals surface area contributed by atoms with E-state index in [4.69, 9.17) is 23.7 Å². The Bertz CT molecular complexity index is 1570. The Hall–Kier alpha value is -4.05. The summed E-state index contributed by atoms with van der Waals surface area (Å²) in [6, 6.07) is 9.96. The molecule has 0 fully saturated rings. The van der Waals surface area contributed by atoms with Crippen LogP contribution in [0.1, 0.15) is 37.9 Å². The lowest BCUT2D eigenvalue weighted by molar-refractivity contribution is -0.139. The average Bonchev–Trinajstić information content (AvgIpc) is 3.22. The third kappa shape index (κ3) is 5.04. The summed E-state index contributed by atoms with van der Waals surface area (Å²) in [7, 11) is 4.69. The van der Waals surface area contributed by atoms with Crippen LogP contribution in [0.25, 0.3) is 6.08 Å². The lowest BCUT2D eigenvalue weighted by Gasteiger charge is -2.25. The molecule has 38 heavy (non-hydrogen) atoms. The van der Waals surface area contributed by atoms with Crippen LogP contribution in [0.3, 0.4) is 0 Å². The van der Waals surface area contributed by atoms with E-state index in [0.29, 0.717) is 61.3 Å². The van der Waals surface area contributed by atoms with E-state index in [1.807, 2.05) is 19.1 Å². The molecular formula is C28H30N2O7S. The predicted octanol–water partition coefficient (Wildman–Crippen LogP) is 3.22. The average molecular weight is 539 g/mol. The van der Waals surface area contributed by atoms with E-state index in [9.17, 15) is 9.59 Å². The predicted molar refractivity (Wildman–Crippen MR) is 144 cm³/mol. The van der Waals surface area contributed by atoms with E-state index in [1.165, 1.54) is 15.9 Å². The van der Waals surface area contributed by atoms with Gasteiger partial charge in [-0.3, -0.25) is 9.36 Å². The molecule has 2 heterocycles. The molecule has 1 aromatic heterocycles. The van der Waals surface area contributed by atoms with Gasteiger partial charge in [0.05, 0.1) is 56.4 Å². The number of thiazole rings is 1. The molecule has 3 aromatic rings. The fraction of sp³-hybridized carbons (Fsp3) is 0.321. The molecule has 1 aliphatic rings. The summed E-state index contributed by atoms with van der Waals surface area (Å²) in [5.74, 6) is 1.73. The summed E-state index contributed by atoms with van der Waals surface area (Å²) in [4.78, 5) is 32.1. The van der Waals surface area contributed by atoms with Crippen molar-refractivity contribution >= 4 is 23.4 Å². The molecule has 0 spiro atoms. The largest absolute Gasteiger partial charge is 0.497 e. The summed E-state index contributed by atoms with van der Waals surface area (Å²) in [6.07, 6.45) is 1.75. The van der Waals surface area contributed by atoms with Crippen LogP contribution in [0.2, 0.25) is 0 Å². The number of carbonyl (C=O) groups excluding carboxylic acids is 1. The third-order valence-electron chi connectivity index (χ3n) is 6.05. The topological polar surface area (TPSA) is 97.6 Å². The van der Waals surface area contributed by atoms with Gasteiger partial charge in [0.25, 0.3) is 5.56 Å². The zero-order valence-electron chi connectivity index (χ0n) is 22.2. The molecule has 0 amide bonds. The zero-order valence-corrected chi connectivity index (χ0v) is 23.0. The zero-order chi connectivity index (χ0) is 27.4. The molecule has 2 aromatic carbocycles. The molecule has 0 bridgehead atoms. The number of carbonyl (C=O) groups is 1. The highest BCUT2D eigenvalue weighted by Gasteiger charge is 2.34. The molecule has 1 atom stereocenters. The molecule has 0 saturated heterocycles. The van der Waals surface area contributed by atoms with Gasteiger partial charge in [-0.2, -0.15) is 0 Å². The van der Waals surface area contributed by atoms with Crippen molar-refractivity contribution in [3.05, 3.63) is 78.5 Å². The van der Waals surface area contributed by atoms with Crippen LogP contribution in [0.4, 0.5) is 0 Å². The van der Waals surface area contributed by atoms with Crippen molar-refractivity contribution in [3.63, 3.8) is 0 Å². The minimum Gasteiger partial charge on any atom is -0.497 e. The van der Waals surface area contributed by atoms with Gasteiger partial charge in [-0.25, -0.2) is 9.79 Å². The van der Waals surface area contributed by atoms with Gasteiger partial charge < -0.3 is 23.7 Å². The molecule has 10 heteroatoms. The highest BCUT2D eigenvalue weighted by molar-refractivity contribution is 7.07. The van der Waals surface area contributed by atoms with Gasteiger partial charge in [0.1, 0.15) is 11.5 Å². The van der Waals surface area contributed by atoms with Crippen molar-refractivity contribution in [1.82, 2.24) is 4.57 Å². The highest BCUT2D eigenvalue weighted by Crippen LogP contribution is 2.36. The van der Waals surface area contributed by atoms with Crippen LogP contribution in [-0.2, 0) is 9.53 Å². The van der Waals surface area contributed by atoms with Crippen molar-refractivity contribution in [2.75, 3.05) is 34.5 Å². The Kier molecular flexibility index (Phi) is 8.21. The maximum atomic E-state index is 13.9. The number of aromatic nitrogens is 1. The number of hydrogen-bond donors (Lipinski definition) is 0. The Morgan fingerprint density at radius 1 is 1.00 bits per heavy atom. The van der Waals surface area contributed by atoms with Gasteiger partial charge in [0.15, 0.2) is 16.3 Å². The van der Waals surface area contributed by atoms with E-state index in [2.05, 4.69) is 4.99 Å². The second-order valence-corrected chi connectivity index (χ2v) is 9.26. The maximum absolute atomic E-state index is 13.9. The smallest absolute Gasteiger partial charge is 0.338 e. The summed E-state index contributed by atoms with van der Waals surface area (Å²) in [5, 5.41) is 0. The molecule has 200 valence electrons. The third-order valence-corrected chi connectivity index (χ3v) is 7.03. The number of fused-ring (bicyclic) bond motifs is 1. The fourth-order valence-corrected chi connectivity index (χ4v) is 5.35. The van der Waals surface area contributed by atoms with Gasteiger partial charge in [-0.05, 0) is 56.7 Å². The van der Waals surface area contributed by atoms with E-state index >= 15 is 0 Å². The van der Waals surface area contributed by atoms with Gasteiger partial charge in [-0.15, -0.1) is 0 Å². The molecular weight excluding hydrogens is 508 g/mol. The van der Waals surface area contributed by atoms with Gasteiger partial charge in [0, 0.05) is 11.6 Å². The van der Waals surface area contributed by atoms with Gasteiger partial charge in [-0.1, -0.05) is 17.4 Å². The first-order valence-corrected chi connectivity index (χ1v) is 12.9. The number of allylic oxidation sites excluding steroid dienone is 1. The van der Waals surface area contributed by atoms with Crippen LogP contribution in [0.15, 0.2) is 57.5 Å². The number of benzene rings is 2. The minimum absolute atomic E-state index is 0.191. The first-order chi connectivity index (χ1) is 18.4. The summed E-state index contributed by atoms with van der Waals surface area (Å²) < 4.78 is 29.4. The SMILES string of the molecule is CCOC(=O)C1=C(C)N=c2sc(=Cc3ccc(OC)cc3OC)c(=O)n2C1c1ccc(OC)c(OCC)c1. The molecule has 0 aliphatic carbocycles. The normalized spacial score (nSPS) is 15.0. The molecule has 1 aliphatic heterocycles. The summed E-state index contributed by atoms with van der Waals surface area (Å²) in [6.45, 7) is 5.97. The number of ether oxygens (including phenoxy) is 5. The van der Waals surface area contributed by atoms with Gasteiger partial charge in [0.2, 0.25) is 0 Å². The van der Waals surface area contributed by atoms with Crippen LogP contribution >= 0.6 is 11.3 Å². The maximum Gasteiger partial charge on any atom is 0.338 e. The van der Waals surface area contributed by atoms with Crippen molar-refractivity contribution in [3.8, 4) is 23.0 Å². The summed E-state index contributed by atoms with van der Waals surface area (Å²) in [5.41, 5.74) is 1.86. The number of methoxy groups -OCH3 is 3.